The minimum Gasteiger partial charge on any atom is -0.262 e. The Morgan fingerprint density at radius 1 is 1.10 bits per heavy atom. The van der Waals surface area contributed by atoms with Crippen LogP contribution in [-0.4, -0.2) is 18.4 Å². The SMILES string of the molecule is CC(C)c1ccc(S(=O)(=O)Nc2cnc(Br)cn2)cc1. The predicted molar refractivity (Wildman–Crippen MR) is 81.1 cm³/mol. The Labute approximate surface area is 126 Å². The zero-order chi connectivity index (χ0) is 14.8. The summed E-state index contributed by atoms with van der Waals surface area (Å²) >= 11 is 3.14. The van der Waals surface area contributed by atoms with Gasteiger partial charge in [0.15, 0.2) is 5.82 Å². The summed E-state index contributed by atoms with van der Waals surface area (Å²) < 4.78 is 27.3. The number of aromatic nitrogens is 2. The van der Waals surface area contributed by atoms with Crippen molar-refractivity contribution in [2.45, 2.75) is 24.7 Å². The smallest absolute Gasteiger partial charge is 0.262 e. The fourth-order valence-corrected chi connectivity index (χ4v) is 2.79. The predicted octanol–water partition coefficient (Wildman–Crippen LogP) is 3.16. The molecule has 0 saturated carbocycles. The molecule has 0 unspecified atom stereocenters. The third kappa shape index (κ3) is 3.55. The van der Waals surface area contributed by atoms with Gasteiger partial charge < -0.3 is 0 Å². The highest BCUT2D eigenvalue weighted by Gasteiger charge is 2.15. The van der Waals surface area contributed by atoms with E-state index in [1.54, 1.807) is 12.1 Å². The Hall–Kier alpha value is -1.47. The molecule has 0 aliphatic heterocycles. The summed E-state index contributed by atoms with van der Waals surface area (Å²) in [4.78, 5) is 8.06. The normalized spacial score (nSPS) is 11.6. The van der Waals surface area contributed by atoms with E-state index in [-0.39, 0.29) is 10.7 Å². The molecule has 0 amide bonds. The minimum atomic E-state index is -3.64. The fraction of sp³-hybridized carbons (Fsp3) is 0.231. The molecule has 0 aliphatic rings. The average molecular weight is 356 g/mol. The summed E-state index contributed by atoms with van der Waals surface area (Å²) in [7, 11) is -3.64. The molecule has 1 aromatic carbocycles. The van der Waals surface area contributed by atoms with Gasteiger partial charge in [-0.3, -0.25) is 4.72 Å². The van der Waals surface area contributed by atoms with E-state index in [1.807, 2.05) is 12.1 Å². The molecule has 2 aromatic rings. The molecule has 2 rings (SSSR count). The molecular weight excluding hydrogens is 342 g/mol. The van der Waals surface area contributed by atoms with Gasteiger partial charge in [-0.1, -0.05) is 26.0 Å². The van der Waals surface area contributed by atoms with Crippen molar-refractivity contribution in [3.8, 4) is 0 Å². The lowest BCUT2D eigenvalue weighted by Gasteiger charge is -2.09. The van der Waals surface area contributed by atoms with E-state index in [1.165, 1.54) is 12.4 Å². The van der Waals surface area contributed by atoms with Gasteiger partial charge in [0.2, 0.25) is 0 Å². The van der Waals surface area contributed by atoms with Crippen LogP contribution in [0.15, 0.2) is 46.2 Å². The van der Waals surface area contributed by atoms with E-state index >= 15 is 0 Å². The van der Waals surface area contributed by atoms with Gasteiger partial charge in [0.05, 0.1) is 17.3 Å². The van der Waals surface area contributed by atoms with Crippen molar-refractivity contribution in [1.82, 2.24) is 9.97 Å². The first-order valence-electron chi connectivity index (χ1n) is 5.99. The number of nitrogens with one attached hydrogen (secondary N) is 1. The third-order valence-corrected chi connectivity index (χ3v) is 4.50. The first-order valence-corrected chi connectivity index (χ1v) is 8.26. The molecule has 1 heterocycles. The molecule has 0 radical (unpaired) electrons. The number of anilines is 1. The largest absolute Gasteiger partial charge is 0.263 e. The summed E-state index contributed by atoms with van der Waals surface area (Å²) in [5, 5.41) is 0. The Kier molecular flexibility index (Phi) is 4.39. The molecule has 0 fully saturated rings. The third-order valence-electron chi connectivity index (χ3n) is 2.72. The van der Waals surface area contributed by atoms with Crippen LogP contribution in [-0.2, 0) is 10.0 Å². The van der Waals surface area contributed by atoms with E-state index in [0.29, 0.717) is 10.5 Å². The Morgan fingerprint density at radius 3 is 2.25 bits per heavy atom. The number of hydrogen-bond acceptors (Lipinski definition) is 4. The maximum Gasteiger partial charge on any atom is 0.263 e. The van der Waals surface area contributed by atoms with Crippen LogP contribution in [0.25, 0.3) is 0 Å². The van der Waals surface area contributed by atoms with Gasteiger partial charge in [0.25, 0.3) is 10.0 Å². The van der Waals surface area contributed by atoms with Gasteiger partial charge in [0, 0.05) is 0 Å². The molecule has 0 saturated heterocycles. The van der Waals surface area contributed by atoms with Crippen LogP contribution in [0.4, 0.5) is 5.82 Å². The molecular formula is C13H14BrN3O2S. The molecule has 5 nitrogen and oxygen atoms in total. The number of benzene rings is 1. The molecule has 1 N–H and O–H groups in total. The van der Waals surface area contributed by atoms with Gasteiger partial charge in [-0.2, -0.15) is 0 Å². The second kappa shape index (κ2) is 5.88. The van der Waals surface area contributed by atoms with Gasteiger partial charge in [-0.15, -0.1) is 0 Å². The molecule has 20 heavy (non-hydrogen) atoms. The maximum atomic E-state index is 12.2. The van der Waals surface area contributed by atoms with Crippen molar-refractivity contribution in [2.75, 3.05) is 4.72 Å². The topological polar surface area (TPSA) is 72.0 Å². The maximum absolute atomic E-state index is 12.2. The molecule has 1 aromatic heterocycles. The molecule has 0 bridgehead atoms. The van der Waals surface area contributed by atoms with Crippen molar-refractivity contribution >= 4 is 31.8 Å². The highest BCUT2D eigenvalue weighted by molar-refractivity contribution is 9.10. The van der Waals surface area contributed by atoms with E-state index in [2.05, 4.69) is 44.5 Å². The van der Waals surface area contributed by atoms with Crippen LogP contribution in [0.2, 0.25) is 0 Å². The Bertz CT molecular complexity index is 683. The summed E-state index contributed by atoms with van der Waals surface area (Å²) in [5.41, 5.74) is 1.09. The lowest BCUT2D eigenvalue weighted by molar-refractivity contribution is 0.601. The average Bonchev–Trinajstić information content (AvgIpc) is 2.41. The Morgan fingerprint density at radius 2 is 1.75 bits per heavy atom. The highest BCUT2D eigenvalue weighted by atomic mass is 79.9. The second-order valence-corrected chi connectivity index (χ2v) is 7.05. The summed E-state index contributed by atoms with van der Waals surface area (Å²) in [5.74, 6) is 0.540. The van der Waals surface area contributed by atoms with Crippen LogP contribution in [0.3, 0.4) is 0 Å². The zero-order valence-electron chi connectivity index (χ0n) is 11.0. The first-order chi connectivity index (χ1) is 9.38. The molecule has 0 aliphatic carbocycles. The van der Waals surface area contributed by atoms with Crippen molar-refractivity contribution in [2.24, 2.45) is 0 Å². The van der Waals surface area contributed by atoms with Crippen LogP contribution in [0, 0.1) is 0 Å². The lowest BCUT2D eigenvalue weighted by Crippen LogP contribution is -2.14. The van der Waals surface area contributed by atoms with E-state index < -0.39 is 10.0 Å². The van der Waals surface area contributed by atoms with Crippen molar-refractivity contribution in [3.63, 3.8) is 0 Å². The molecule has 7 heteroatoms. The van der Waals surface area contributed by atoms with Gasteiger partial charge in [0.1, 0.15) is 4.60 Å². The molecule has 0 atom stereocenters. The van der Waals surface area contributed by atoms with Crippen LogP contribution in [0.1, 0.15) is 25.3 Å². The monoisotopic (exact) mass is 355 g/mol. The van der Waals surface area contributed by atoms with E-state index in [0.717, 1.165) is 5.56 Å². The van der Waals surface area contributed by atoms with E-state index in [9.17, 15) is 8.42 Å². The number of rotatable bonds is 4. The van der Waals surface area contributed by atoms with Crippen LogP contribution >= 0.6 is 15.9 Å². The summed E-state index contributed by atoms with van der Waals surface area (Å²) in [6.07, 6.45) is 2.78. The summed E-state index contributed by atoms with van der Waals surface area (Å²) in [6, 6.07) is 6.80. The standard InChI is InChI=1S/C13H14BrN3O2S/c1-9(2)10-3-5-11(6-4-10)20(18,19)17-13-8-15-12(14)7-16-13/h3-9H,1-2H3,(H,16,17). The van der Waals surface area contributed by atoms with Crippen molar-refractivity contribution < 1.29 is 8.42 Å². The van der Waals surface area contributed by atoms with Crippen LogP contribution in [0.5, 0.6) is 0 Å². The zero-order valence-corrected chi connectivity index (χ0v) is 13.4. The molecule has 106 valence electrons. The van der Waals surface area contributed by atoms with Gasteiger partial charge >= 0.3 is 0 Å². The van der Waals surface area contributed by atoms with Gasteiger partial charge in [-0.25, -0.2) is 18.4 Å². The molecule has 0 spiro atoms. The van der Waals surface area contributed by atoms with Crippen molar-refractivity contribution in [3.05, 3.63) is 46.8 Å². The number of sulfonamides is 1. The van der Waals surface area contributed by atoms with Crippen LogP contribution < -0.4 is 4.72 Å². The number of hydrogen-bond donors (Lipinski definition) is 1. The second-order valence-electron chi connectivity index (χ2n) is 4.55. The number of nitrogens with zero attached hydrogens (tertiary/aromatic N) is 2. The quantitative estimate of drug-likeness (QED) is 0.913. The van der Waals surface area contributed by atoms with Crippen molar-refractivity contribution in [1.29, 1.82) is 0 Å². The Balaban J connectivity index is 2.23. The lowest BCUT2D eigenvalue weighted by atomic mass is 10.0. The van der Waals surface area contributed by atoms with Gasteiger partial charge in [-0.05, 0) is 39.5 Å². The first kappa shape index (κ1) is 14.9. The summed E-state index contributed by atoms with van der Waals surface area (Å²) in [6.45, 7) is 4.11. The minimum absolute atomic E-state index is 0.182. The number of halogens is 1. The highest BCUT2D eigenvalue weighted by Crippen LogP contribution is 2.19. The van der Waals surface area contributed by atoms with E-state index in [4.69, 9.17) is 0 Å². The fourth-order valence-electron chi connectivity index (χ4n) is 1.59.